The Morgan fingerprint density at radius 3 is 2.50 bits per heavy atom. The summed E-state index contributed by atoms with van der Waals surface area (Å²) >= 11 is 17.7. The van der Waals surface area contributed by atoms with Crippen LogP contribution in [0.15, 0.2) is 30.5 Å². The van der Waals surface area contributed by atoms with E-state index in [1.807, 2.05) is 12.1 Å². The highest BCUT2D eigenvalue weighted by Gasteiger charge is 2.07. The predicted octanol–water partition coefficient (Wildman–Crippen LogP) is 4.77. The van der Waals surface area contributed by atoms with Crippen LogP contribution in [-0.2, 0) is 6.42 Å². The number of rotatable bonds is 2. The first-order valence-corrected chi connectivity index (χ1v) is 6.22. The van der Waals surface area contributed by atoms with Gasteiger partial charge in [-0.3, -0.25) is 0 Å². The smallest absolute Gasteiger partial charge is 0.133 e. The van der Waals surface area contributed by atoms with E-state index in [9.17, 15) is 0 Å². The van der Waals surface area contributed by atoms with Gasteiger partial charge in [0.25, 0.3) is 0 Å². The van der Waals surface area contributed by atoms with E-state index < -0.39 is 0 Å². The Hall–Kier alpha value is -1.27. The van der Waals surface area contributed by atoms with Gasteiger partial charge >= 0.3 is 0 Å². The van der Waals surface area contributed by atoms with Gasteiger partial charge in [0.05, 0.1) is 22.5 Å². The van der Waals surface area contributed by atoms with Crippen LogP contribution in [-0.4, -0.2) is 4.98 Å². The van der Waals surface area contributed by atoms with Gasteiger partial charge < -0.3 is 0 Å². The third-order valence-corrected chi connectivity index (χ3v) is 3.51. The molecule has 0 amide bonds. The molecule has 1 aromatic carbocycles. The molecule has 90 valence electrons. The lowest BCUT2D eigenvalue weighted by Gasteiger charge is -2.06. The van der Waals surface area contributed by atoms with Crippen molar-refractivity contribution in [3.63, 3.8) is 0 Å². The minimum Gasteiger partial charge on any atom is -0.244 e. The van der Waals surface area contributed by atoms with E-state index in [1.54, 1.807) is 18.3 Å². The van der Waals surface area contributed by atoms with Crippen molar-refractivity contribution in [2.24, 2.45) is 0 Å². The summed E-state index contributed by atoms with van der Waals surface area (Å²) in [6, 6.07) is 9.20. The Balaban J connectivity index is 2.48. The van der Waals surface area contributed by atoms with Crippen molar-refractivity contribution in [1.82, 2.24) is 4.98 Å². The summed E-state index contributed by atoms with van der Waals surface area (Å²) in [6.07, 6.45) is 1.86. The number of halogens is 3. The van der Waals surface area contributed by atoms with Gasteiger partial charge in [-0.15, -0.1) is 0 Å². The maximum Gasteiger partial charge on any atom is 0.133 e. The Kier molecular flexibility index (Phi) is 4.08. The predicted molar refractivity (Wildman–Crippen MR) is 74.0 cm³/mol. The van der Waals surface area contributed by atoms with Gasteiger partial charge in [-0.2, -0.15) is 5.26 Å². The Morgan fingerprint density at radius 1 is 1.06 bits per heavy atom. The molecular weight excluding hydrogens is 291 g/mol. The molecule has 0 bridgehead atoms. The number of benzene rings is 1. The highest BCUT2D eigenvalue weighted by atomic mass is 35.5. The van der Waals surface area contributed by atoms with E-state index in [1.165, 1.54) is 0 Å². The Labute approximate surface area is 120 Å². The molecule has 0 aliphatic carbocycles. The molecule has 18 heavy (non-hydrogen) atoms. The number of hydrogen-bond acceptors (Lipinski definition) is 2. The zero-order chi connectivity index (χ0) is 13.1. The molecule has 0 unspecified atom stereocenters. The fourth-order valence-electron chi connectivity index (χ4n) is 1.54. The lowest BCUT2D eigenvalue weighted by molar-refractivity contribution is 1.19. The van der Waals surface area contributed by atoms with E-state index >= 15 is 0 Å². The monoisotopic (exact) mass is 296 g/mol. The first kappa shape index (κ1) is 13.2. The molecule has 0 radical (unpaired) electrons. The second kappa shape index (κ2) is 5.58. The van der Waals surface area contributed by atoms with Crippen LogP contribution in [0.1, 0.15) is 5.56 Å². The van der Waals surface area contributed by atoms with Crippen molar-refractivity contribution in [2.75, 3.05) is 0 Å². The maximum atomic E-state index is 8.71. The van der Waals surface area contributed by atoms with Crippen molar-refractivity contribution in [3.05, 3.63) is 51.2 Å². The largest absolute Gasteiger partial charge is 0.244 e. The molecule has 2 nitrogen and oxygen atoms in total. The first-order valence-electron chi connectivity index (χ1n) is 5.08. The second-order valence-electron chi connectivity index (χ2n) is 3.64. The fourth-order valence-corrected chi connectivity index (χ4v) is 2.00. The minimum atomic E-state index is 0.223. The van der Waals surface area contributed by atoms with Gasteiger partial charge in [0.15, 0.2) is 0 Å². The molecule has 1 aromatic heterocycles. The van der Waals surface area contributed by atoms with Crippen molar-refractivity contribution in [1.29, 1.82) is 5.26 Å². The standard InChI is InChI=1S/C13H7Cl3N2/c14-11-2-1-8(6-12(11)15)10-5-9(3-4-17)13(16)18-7-10/h1-2,5-7H,3H2. The number of hydrogen-bond donors (Lipinski definition) is 0. The van der Waals surface area contributed by atoms with Crippen LogP contribution < -0.4 is 0 Å². The van der Waals surface area contributed by atoms with Gasteiger partial charge in [0.1, 0.15) is 5.15 Å². The quantitative estimate of drug-likeness (QED) is 0.748. The van der Waals surface area contributed by atoms with Crippen molar-refractivity contribution < 1.29 is 0 Å². The van der Waals surface area contributed by atoms with Crippen molar-refractivity contribution >= 4 is 34.8 Å². The topological polar surface area (TPSA) is 36.7 Å². The van der Waals surface area contributed by atoms with Crippen molar-refractivity contribution in [2.45, 2.75) is 6.42 Å². The zero-order valence-electron chi connectivity index (χ0n) is 9.12. The minimum absolute atomic E-state index is 0.223. The molecule has 0 saturated carbocycles. The molecule has 2 aromatic rings. The number of nitriles is 1. The molecule has 1 heterocycles. The summed E-state index contributed by atoms with van der Waals surface area (Å²) < 4.78 is 0. The fraction of sp³-hybridized carbons (Fsp3) is 0.0769. The summed E-state index contributed by atoms with van der Waals surface area (Å²) in [7, 11) is 0. The van der Waals surface area contributed by atoms with Crippen LogP contribution in [0.5, 0.6) is 0 Å². The first-order chi connectivity index (χ1) is 8.61. The van der Waals surface area contributed by atoms with Crippen molar-refractivity contribution in [3.8, 4) is 17.2 Å². The van der Waals surface area contributed by atoms with E-state index in [0.717, 1.165) is 11.1 Å². The average Bonchev–Trinajstić information content (AvgIpc) is 2.36. The third kappa shape index (κ3) is 2.76. The van der Waals surface area contributed by atoms with Gasteiger partial charge in [0.2, 0.25) is 0 Å². The summed E-state index contributed by atoms with van der Waals surface area (Å²) in [5, 5.41) is 10.0. The van der Waals surface area contributed by atoms with E-state index in [-0.39, 0.29) is 6.42 Å². The highest BCUT2D eigenvalue weighted by molar-refractivity contribution is 6.42. The van der Waals surface area contributed by atoms with E-state index in [0.29, 0.717) is 20.8 Å². The van der Waals surface area contributed by atoms with Gasteiger partial charge in [0, 0.05) is 17.3 Å². The number of nitrogens with zero attached hydrogens (tertiary/aromatic N) is 2. The van der Waals surface area contributed by atoms with Crippen LogP contribution in [0.3, 0.4) is 0 Å². The molecule has 5 heteroatoms. The van der Waals surface area contributed by atoms with Crippen LogP contribution in [0.4, 0.5) is 0 Å². The molecule has 0 atom stereocenters. The molecule has 0 saturated heterocycles. The molecule has 0 aliphatic rings. The maximum absolute atomic E-state index is 8.71. The zero-order valence-corrected chi connectivity index (χ0v) is 11.4. The lowest BCUT2D eigenvalue weighted by Crippen LogP contribution is -1.89. The summed E-state index contributed by atoms with van der Waals surface area (Å²) in [5.74, 6) is 0. The molecule has 2 rings (SSSR count). The van der Waals surface area contributed by atoms with Gasteiger partial charge in [-0.05, 0) is 23.8 Å². The molecule has 0 N–H and O–H groups in total. The summed E-state index contributed by atoms with van der Waals surface area (Å²) in [4.78, 5) is 4.06. The van der Waals surface area contributed by atoms with Crippen LogP contribution >= 0.6 is 34.8 Å². The molecule has 0 fully saturated rings. The summed E-state index contributed by atoms with van der Waals surface area (Å²) in [6.45, 7) is 0. The SMILES string of the molecule is N#CCc1cc(-c2ccc(Cl)c(Cl)c2)cnc1Cl. The number of pyridine rings is 1. The second-order valence-corrected chi connectivity index (χ2v) is 4.81. The normalized spacial score (nSPS) is 10.1. The lowest BCUT2D eigenvalue weighted by atomic mass is 10.1. The number of aromatic nitrogens is 1. The van der Waals surface area contributed by atoms with Crippen LogP contribution in [0.25, 0.3) is 11.1 Å². The summed E-state index contributed by atoms with van der Waals surface area (Å²) in [5.41, 5.74) is 2.43. The van der Waals surface area contributed by atoms with Gasteiger partial charge in [-0.1, -0.05) is 40.9 Å². The van der Waals surface area contributed by atoms with Crippen LogP contribution in [0.2, 0.25) is 15.2 Å². The Bertz CT molecular complexity index is 633. The Morgan fingerprint density at radius 2 is 1.83 bits per heavy atom. The van der Waals surface area contributed by atoms with Gasteiger partial charge in [-0.25, -0.2) is 4.98 Å². The van der Waals surface area contributed by atoms with E-state index in [4.69, 9.17) is 40.1 Å². The molecule has 0 spiro atoms. The average molecular weight is 298 g/mol. The molecule has 0 aliphatic heterocycles. The molecular formula is C13H7Cl3N2. The third-order valence-electron chi connectivity index (χ3n) is 2.43. The highest BCUT2D eigenvalue weighted by Crippen LogP contribution is 2.29. The van der Waals surface area contributed by atoms with Crippen LogP contribution in [0, 0.1) is 11.3 Å². The van der Waals surface area contributed by atoms with E-state index in [2.05, 4.69) is 11.1 Å².